The maximum Gasteiger partial charge on any atom is 0.264 e. The molecule has 1 heterocycles. The molecule has 1 aliphatic heterocycles. The molecular formula is C15H20N2O3. The van der Waals surface area contributed by atoms with E-state index in [9.17, 15) is 9.59 Å². The van der Waals surface area contributed by atoms with E-state index in [0.717, 1.165) is 17.7 Å². The van der Waals surface area contributed by atoms with E-state index in [1.165, 1.54) is 0 Å². The molecule has 5 nitrogen and oxygen atoms in total. The van der Waals surface area contributed by atoms with Gasteiger partial charge in [0.15, 0.2) is 6.61 Å². The van der Waals surface area contributed by atoms with Gasteiger partial charge in [-0.25, -0.2) is 0 Å². The summed E-state index contributed by atoms with van der Waals surface area (Å²) in [4.78, 5) is 25.0. The van der Waals surface area contributed by atoms with E-state index in [1.54, 1.807) is 11.9 Å². The van der Waals surface area contributed by atoms with E-state index < -0.39 is 0 Å². The largest absolute Gasteiger partial charge is 0.482 e. The molecule has 0 saturated heterocycles. The van der Waals surface area contributed by atoms with Gasteiger partial charge in [0.1, 0.15) is 5.75 Å². The third-order valence-electron chi connectivity index (χ3n) is 3.49. The minimum atomic E-state index is -0.0845. The Morgan fingerprint density at radius 3 is 2.95 bits per heavy atom. The maximum atomic E-state index is 11.9. The number of likely N-dealkylation sites (N-methyl/N-ethyl adjacent to an activating group) is 1. The van der Waals surface area contributed by atoms with Gasteiger partial charge in [0.2, 0.25) is 5.91 Å². The minimum absolute atomic E-state index is 0.00925. The summed E-state index contributed by atoms with van der Waals surface area (Å²) in [6.45, 7) is 4.07. The molecule has 0 radical (unpaired) electrons. The van der Waals surface area contributed by atoms with Crippen LogP contribution in [0.4, 0.5) is 5.69 Å². The number of carbonyl (C=O) groups excluding carboxylic acids is 2. The van der Waals surface area contributed by atoms with Crippen molar-refractivity contribution < 1.29 is 14.3 Å². The molecule has 0 saturated carbocycles. The number of rotatable bonds is 4. The van der Waals surface area contributed by atoms with Gasteiger partial charge < -0.3 is 15.0 Å². The topological polar surface area (TPSA) is 58.6 Å². The standard InChI is InChI=1S/C15H20N2O3/c1-4-10(2)16-14(18)8-11-5-6-13-12(7-11)17(3)15(19)9-20-13/h5-7,10H,4,8-9H2,1-3H3,(H,16,18). The van der Waals surface area contributed by atoms with Crippen LogP contribution in [-0.2, 0) is 16.0 Å². The van der Waals surface area contributed by atoms with Crippen LogP contribution in [0.1, 0.15) is 25.8 Å². The van der Waals surface area contributed by atoms with Crippen LogP contribution in [0.5, 0.6) is 5.75 Å². The first kappa shape index (κ1) is 14.4. The molecule has 2 rings (SSSR count). The first-order valence-electron chi connectivity index (χ1n) is 6.83. The average molecular weight is 276 g/mol. The summed E-state index contributed by atoms with van der Waals surface area (Å²) in [5.41, 5.74) is 1.59. The number of amides is 2. The predicted molar refractivity (Wildman–Crippen MR) is 76.9 cm³/mol. The molecule has 2 amide bonds. The molecule has 1 aliphatic rings. The van der Waals surface area contributed by atoms with Crippen molar-refractivity contribution in [2.75, 3.05) is 18.6 Å². The van der Waals surface area contributed by atoms with Gasteiger partial charge in [-0.1, -0.05) is 13.0 Å². The van der Waals surface area contributed by atoms with Crippen molar-refractivity contribution >= 4 is 17.5 Å². The van der Waals surface area contributed by atoms with Gasteiger partial charge in [-0.2, -0.15) is 0 Å². The van der Waals surface area contributed by atoms with Crippen LogP contribution in [0.15, 0.2) is 18.2 Å². The summed E-state index contributed by atoms with van der Waals surface area (Å²) in [5.74, 6) is 0.585. The molecule has 1 unspecified atom stereocenters. The Labute approximate surface area is 118 Å². The molecule has 0 bridgehead atoms. The van der Waals surface area contributed by atoms with E-state index >= 15 is 0 Å². The number of benzene rings is 1. The predicted octanol–water partition coefficient (Wildman–Crippen LogP) is 1.50. The van der Waals surface area contributed by atoms with E-state index in [1.807, 2.05) is 32.0 Å². The number of ether oxygens (including phenoxy) is 1. The van der Waals surface area contributed by atoms with Crippen molar-refractivity contribution in [3.63, 3.8) is 0 Å². The summed E-state index contributed by atoms with van der Waals surface area (Å²) in [7, 11) is 1.71. The number of carbonyl (C=O) groups is 2. The first-order chi connectivity index (χ1) is 9.51. The first-order valence-corrected chi connectivity index (χ1v) is 6.83. The summed E-state index contributed by atoms with van der Waals surface area (Å²) in [6.07, 6.45) is 1.21. The van der Waals surface area contributed by atoms with Crippen molar-refractivity contribution in [2.45, 2.75) is 32.7 Å². The monoisotopic (exact) mass is 276 g/mol. The molecule has 1 aromatic carbocycles. The molecule has 0 fully saturated rings. The van der Waals surface area contributed by atoms with Gasteiger partial charge >= 0.3 is 0 Å². The zero-order chi connectivity index (χ0) is 14.7. The smallest absolute Gasteiger partial charge is 0.264 e. The van der Waals surface area contributed by atoms with Crippen LogP contribution in [-0.4, -0.2) is 31.5 Å². The lowest BCUT2D eigenvalue weighted by Crippen LogP contribution is -2.36. The minimum Gasteiger partial charge on any atom is -0.482 e. The molecule has 1 atom stereocenters. The van der Waals surface area contributed by atoms with E-state index in [-0.39, 0.29) is 24.5 Å². The molecule has 0 aromatic heterocycles. The number of hydrogen-bond acceptors (Lipinski definition) is 3. The molecular weight excluding hydrogens is 256 g/mol. The quantitative estimate of drug-likeness (QED) is 0.906. The number of anilines is 1. The SMILES string of the molecule is CCC(C)NC(=O)Cc1ccc2c(c1)N(C)C(=O)CO2. The van der Waals surface area contributed by atoms with E-state index in [0.29, 0.717) is 12.2 Å². The lowest BCUT2D eigenvalue weighted by atomic mass is 10.1. The Balaban J connectivity index is 2.11. The number of fused-ring (bicyclic) bond motifs is 1. The highest BCUT2D eigenvalue weighted by atomic mass is 16.5. The molecule has 0 spiro atoms. The van der Waals surface area contributed by atoms with E-state index in [2.05, 4.69) is 5.32 Å². The number of nitrogens with one attached hydrogen (secondary N) is 1. The summed E-state index contributed by atoms with van der Waals surface area (Å²) < 4.78 is 5.36. The second-order valence-corrected chi connectivity index (χ2v) is 5.10. The number of hydrogen-bond donors (Lipinski definition) is 1. The van der Waals surface area contributed by atoms with Crippen LogP contribution >= 0.6 is 0 Å². The van der Waals surface area contributed by atoms with Crippen LogP contribution in [0.25, 0.3) is 0 Å². The van der Waals surface area contributed by atoms with Gasteiger partial charge in [0.05, 0.1) is 12.1 Å². The fraction of sp³-hybridized carbons (Fsp3) is 0.467. The fourth-order valence-corrected chi connectivity index (χ4v) is 2.04. The highest BCUT2D eigenvalue weighted by Crippen LogP contribution is 2.32. The number of nitrogens with zero attached hydrogens (tertiary/aromatic N) is 1. The van der Waals surface area contributed by atoms with Gasteiger partial charge in [-0.15, -0.1) is 0 Å². The lowest BCUT2D eigenvalue weighted by molar-refractivity contribution is -0.121. The van der Waals surface area contributed by atoms with Crippen LogP contribution in [0.2, 0.25) is 0 Å². The van der Waals surface area contributed by atoms with E-state index in [4.69, 9.17) is 4.74 Å². The highest BCUT2D eigenvalue weighted by molar-refractivity contribution is 5.97. The third kappa shape index (κ3) is 3.10. The molecule has 0 aliphatic carbocycles. The highest BCUT2D eigenvalue weighted by Gasteiger charge is 2.22. The van der Waals surface area contributed by atoms with Gasteiger partial charge in [0.25, 0.3) is 5.91 Å². The van der Waals surface area contributed by atoms with Crippen molar-refractivity contribution in [1.82, 2.24) is 5.32 Å². The zero-order valence-electron chi connectivity index (χ0n) is 12.1. The summed E-state index contributed by atoms with van der Waals surface area (Å²) >= 11 is 0. The Hall–Kier alpha value is -2.04. The Morgan fingerprint density at radius 2 is 2.25 bits per heavy atom. The molecule has 20 heavy (non-hydrogen) atoms. The van der Waals surface area contributed by atoms with Crippen molar-refractivity contribution in [3.8, 4) is 5.75 Å². The van der Waals surface area contributed by atoms with Gasteiger partial charge in [0, 0.05) is 13.1 Å². The molecule has 108 valence electrons. The molecule has 5 heteroatoms. The van der Waals surface area contributed by atoms with Crippen LogP contribution in [0.3, 0.4) is 0 Å². The van der Waals surface area contributed by atoms with Crippen molar-refractivity contribution in [3.05, 3.63) is 23.8 Å². The van der Waals surface area contributed by atoms with Gasteiger partial charge in [-0.05, 0) is 31.0 Å². The van der Waals surface area contributed by atoms with Crippen LogP contribution in [0, 0.1) is 0 Å². The van der Waals surface area contributed by atoms with Crippen molar-refractivity contribution in [2.24, 2.45) is 0 Å². The van der Waals surface area contributed by atoms with Crippen molar-refractivity contribution in [1.29, 1.82) is 0 Å². The molecule has 1 aromatic rings. The third-order valence-corrected chi connectivity index (χ3v) is 3.49. The Bertz CT molecular complexity index is 528. The molecule has 1 N–H and O–H groups in total. The second kappa shape index (κ2) is 5.94. The summed E-state index contributed by atoms with van der Waals surface area (Å²) in [6, 6.07) is 5.68. The zero-order valence-corrected chi connectivity index (χ0v) is 12.1. The lowest BCUT2D eigenvalue weighted by Gasteiger charge is -2.26. The Kier molecular flexibility index (Phi) is 4.27. The van der Waals surface area contributed by atoms with Gasteiger partial charge in [-0.3, -0.25) is 9.59 Å². The average Bonchev–Trinajstić information content (AvgIpc) is 2.43. The Morgan fingerprint density at radius 1 is 1.50 bits per heavy atom. The fourth-order valence-electron chi connectivity index (χ4n) is 2.04. The summed E-state index contributed by atoms with van der Waals surface area (Å²) in [5, 5.41) is 2.93. The second-order valence-electron chi connectivity index (χ2n) is 5.10. The maximum absolute atomic E-state index is 11.9. The normalized spacial score (nSPS) is 15.3. The van der Waals surface area contributed by atoms with Crippen LogP contribution < -0.4 is 15.0 Å².